The van der Waals surface area contributed by atoms with Gasteiger partial charge in [0.1, 0.15) is 6.61 Å². The highest BCUT2D eigenvalue weighted by Crippen LogP contribution is 2.19. The number of sulfone groups is 1. The van der Waals surface area contributed by atoms with E-state index in [9.17, 15) is 18.0 Å². The number of nitrogens with one attached hydrogen (secondary N) is 1. The molecule has 0 unspecified atom stereocenters. The van der Waals surface area contributed by atoms with Gasteiger partial charge in [0.05, 0.1) is 10.5 Å². The second-order valence-electron chi connectivity index (χ2n) is 4.01. The number of carboxylic acid groups (broad SMARTS) is 1. The Morgan fingerprint density at radius 2 is 1.95 bits per heavy atom. The third-order valence-corrected chi connectivity index (χ3v) is 3.39. The Hall–Kier alpha value is -1.93. The molecule has 0 aliphatic rings. The molecule has 0 radical (unpaired) electrons. The molecule has 0 fully saturated rings. The average Bonchev–Trinajstić information content (AvgIpc) is 2.34. The van der Waals surface area contributed by atoms with E-state index in [4.69, 9.17) is 9.84 Å². The summed E-state index contributed by atoms with van der Waals surface area (Å²) in [6.07, 6.45) is 0.958. The molecule has 1 amide bonds. The van der Waals surface area contributed by atoms with Crippen LogP contribution < -0.4 is 5.32 Å². The van der Waals surface area contributed by atoms with E-state index in [2.05, 4.69) is 5.32 Å². The zero-order valence-corrected chi connectivity index (χ0v) is 11.9. The standard InChI is InChI=1S/C12H15NO6S/c1-3-19-7-11(14)13-9-4-8(12(15)16)5-10(6-9)20(2,17)18/h4-6H,3,7H2,1-2H3,(H,13,14)(H,15,16). The Morgan fingerprint density at radius 3 is 2.45 bits per heavy atom. The van der Waals surface area contributed by atoms with Crippen LogP contribution in [0.15, 0.2) is 23.1 Å². The van der Waals surface area contributed by atoms with Gasteiger partial charge in [0.25, 0.3) is 0 Å². The number of anilines is 1. The lowest BCUT2D eigenvalue weighted by molar-refractivity contribution is -0.120. The minimum absolute atomic E-state index is 0.0926. The lowest BCUT2D eigenvalue weighted by atomic mass is 10.2. The number of aromatic carboxylic acids is 1. The highest BCUT2D eigenvalue weighted by atomic mass is 32.2. The number of amides is 1. The van der Waals surface area contributed by atoms with Gasteiger partial charge in [-0.2, -0.15) is 0 Å². The number of hydrogen-bond acceptors (Lipinski definition) is 5. The van der Waals surface area contributed by atoms with Crippen LogP contribution in [0, 0.1) is 0 Å². The number of benzene rings is 1. The van der Waals surface area contributed by atoms with Gasteiger partial charge in [-0.05, 0) is 25.1 Å². The van der Waals surface area contributed by atoms with E-state index in [1.807, 2.05) is 0 Å². The predicted octanol–water partition coefficient (Wildman–Crippen LogP) is 0.763. The molecule has 0 aliphatic carbocycles. The molecule has 8 heteroatoms. The fourth-order valence-corrected chi connectivity index (χ4v) is 2.08. The second kappa shape index (κ2) is 6.49. The zero-order valence-electron chi connectivity index (χ0n) is 11.0. The van der Waals surface area contributed by atoms with Gasteiger partial charge < -0.3 is 15.2 Å². The van der Waals surface area contributed by atoms with Crippen molar-refractivity contribution in [1.29, 1.82) is 0 Å². The van der Waals surface area contributed by atoms with Crippen molar-refractivity contribution in [2.45, 2.75) is 11.8 Å². The van der Waals surface area contributed by atoms with Crippen molar-refractivity contribution in [3.63, 3.8) is 0 Å². The summed E-state index contributed by atoms with van der Waals surface area (Å²) >= 11 is 0. The molecule has 0 atom stereocenters. The first-order valence-corrected chi connectivity index (χ1v) is 7.59. The Kier molecular flexibility index (Phi) is 5.23. The van der Waals surface area contributed by atoms with Crippen LogP contribution in [-0.4, -0.2) is 44.9 Å². The highest BCUT2D eigenvalue weighted by molar-refractivity contribution is 7.90. The van der Waals surface area contributed by atoms with Crippen LogP contribution in [0.5, 0.6) is 0 Å². The molecule has 0 saturated heterocycles. The third kappa shape index (κ3) is 4.63. The number of hydrogen-bond donors (Lipinski definition) is 2. The van der Waals surface area contributed by atoms with E-state index < -0.39 is 21.7 Å². The third-order valence-electron chi connectivity index (χ3n) is 2.30. The van der Waals surface area contributed by atoms with Gasteiger partial charge in [0.15, 0.2) is 9.84 Å². The molecular formula is C12H15NO6S. The van der Waals surface area contributed by atoms with Crippen molar-refractivity contribution in [2.24, 2.45) is 0 Å². The summed E-state index contributed by atoms with van der Waals surface area (Å²) in [6.45, 7) is 1.89. The van der Waals surface area contributed by atoms with Crippen molar-refractivity contribution in [2.75, 3.05) is 24.8 Å². The fourth-order valence-electron chi connectivity index (χ4n) is 1.40. The van der Waals surface area contributed by atoms with E-state index in [-0.39, 0.29) is 22.8 Å². The average molecular weight is 301 g/mol. The molecule has 0 spiro atoms. The van der Waals surface area contributed by atoms with E-state index in [0.29, 0.717) is 6.61 Å². The maximum Gasteiger partial charge on any atom is 0.335 e. The summed E-state index contributed by atoms with van der Waals surface area (Å²) < 4.78 is 27.9. The molecule has 1 aromatic rings. The molecule has 0 bridgehead atoms. The molecule has 1 rings (SSSR count). The Morgan fingerprint density at radius 1 is 1.30 bits per heavy atom. The number of carbonyl (C=O) groups is 2. The number of carboxylic acids is 1. The molecule has 2 N–H and O–H groups in total. The number of rotatable bonds is 6. The van der Waals surface area contributed by atoms with E-state index in [0.717, 1.165) is 12.3 Å². The summed E-state index contributed by atoms with van der Waals surface area (Å²) in [5, 5.41) is 11.3. The van der Waals surface area contributed by atoms with Crippen LogP contribution in [0.4, 0.5) is 5.69 Å². The predicted molar refractivity (Wildman–Crippen MR) is 71.6 cm³/mol. The Balaban J connectivity index is 3.10. The molecule has 0 aromatic heterocycles. The maximum atomic E-state index is 11.5. The van der Waals surface area contributed by atoms with Gasteiger partial charge in [-0.25, -0.2) is 13.2 Å². The maximum absolute atomic E-state index is 11.5. The Bertz CT molecular complexity index is 623. The van der Waals surface area contributed by atoms with E-state index >= 15 is 0 Å². The minimum atomic E-state index is -3.58. The van der Waals surface area contributed by atoms with Gasteiger partial charge in [0, 0.05) is 18.6 Å². The number of carbonyl (C=O) groups excluding carboxylic acids is 1. The summed E-state index contributed by atoms with van der Waals surface area (Å²) in [7, 11) is -3.58. The minimum Gasteiger partial charge on any atom is -0.478 e. The van der Waals surface area contributed by atoms with Crippen molar-refractivity contribution in [3.05, 3.63) is 23.8 Å². The van der Waals surface area contributed by atoms with Crippen molar-refractivity contribution in [3.8, 4) is 0 Å². The SMILES string of the molecule is CCOCC(=O)Nc1cc(C(=O)O)cc(S(C)(=O)=O)c1. The molecule has 1 aromatic carbocycles. The molecule has 20 heavy (non-hydrogen) atoms. The lowest BCUT2D eigenvalue weighted by Crippen LogP contribution is -2.18. The summed E-state index contributed by atoms with van der Waals surface area (Å²) in [6, 6.07) is 3.42. The van der Waals surface area contributed by atoms with E-state index in [1.165, 1.54) is 12.1 Å². The van der Waals surface area contributed by atoms with Gasteiger partial charge in [-0.15, -0.1) is 0 Å². The normalized spacial score (nSPS) is 11.1. The van der Waals surface area contributed by atoms with Crippen LogP contribution in [0.2, 0.25) is 0 Å². The first kappa shape index (κ1) is 16.1. The first-order chi connectivity index (χ1) is 9.24. The largest absolute Gasteiger partial charge is 0.478 e. The second-order valence-corrected chi connectivity index (χ2v) is 6.02. The summed E-state index contributed by atoms with van der Waals surface area (Å²) in [5.74, 6) is -1.77. The van der Waals surface area contributed by atoms with Crippen LogP contribution in [0.25, 0.3) is 0 Å². The van der Waals surface area contributed by atoms with Crippen LogP contribution in [0.3, 0.4) is 0 Å². The van der Waals surface area contributed by atoms with Gasteiger partial charge in [-0.1, -0.05) is 0 Å². The van der Waals surface area contributed by atoms with Crippen LogP contribution in [0.1, 0.15) is 17.3 Å². The molecule has 0 saturated carbocycles. The Labute approximate surface area is 116 Å². The zero-order chi connectivity index (χ0) is 15.3. The van der Waals surface area contributed by atoms with Crippen LogP contribution in [-0.2, 0) is 19.4 Å². The van der Waals surface area contributed by atoms with Gasteiger partial charge in [-0.3, -0.25) is 4.79 Å². The van der Waals surface area contributed by atoms with Crippen molar-refractivity contribution in [1.82, 2.24) is 0 Å². The number of ether oxygens (including phenoxy) is 1. The highest BCUT2D eigenvalue weighted by Gasteiger charge is 2.14. The van der Waals surface area contributed by atoms with Crippen LogP contribution >= 0.6 is 0 Å². The van der Waals surface area contributed by atoms with E-state index in [1.54, 1.807) is 6.92 Å². The topological polar surface area (TPSA) is 110 Å². The molecular weight excluding hydrogens is 286 g/mol. The molecule has 110 valence electrons. The smallest absolute Gasteiger partial charge is 0.335 e. The van der Waals surface area contributed by atoms with Crippen molar-refractivity contribution < 1.29 is 27.9 Å². The molecule has 0 aliphatic heterocycles. The first-order valence-electron chi connectivity index (χ1n) is 5.70. The van der Waals surface area contributed by atoms with Crippen molar-refractivity contribution >= 4 is 27.4 Å². The quantitative estimate of drug-likeness (QED) is 0.803. The fraction of sp³-hybridized carbons (Fsp3) is 0.333. The van der Waals surface area contributed by atoms with Gasteiger partial charge in [0.2, 0.25) is 5.91 Å². The monoisotopic (exact) mass is 301 g/mol. The summed E-state index contributed by atoms with van der Waals surface area (Å²) in [4.78, 5) is 22.3. The lowest BCUT2D eigenvalue weighted by Gasteiger charge is -2.08. The molecule has 7 nitrogen and oxygen atoms in total. The summed E-state index contributed by atoms with van der Waals surface area (Å²) in [5.41, 5.74) is -0.130. The van der Waals surface area contributed by atoms with Gasteiger partial charge >= 0.3 is 5.97 Å². The molecule has 0 heterocycles.